The van der Waals surface area contributed by atoms with E-state index in [1.807, 2.05) is 74.4 Å². The topological polar surface area (TPSA) is 70.1 Å². The fourth-order valence-electron chi connectivity index (χ4n) is 5.30. The number of aliphatic hydroxyl groups excluding tert-OH is 1. The molecule has 5 rings (SSSR count). The molecule has 1 amide bonds. The van der Waals surface area contributed by atoms with Gasteiger partial charge in [0, 0.05) is 37.1 Å². The van der Waals surface area contributed by atoms with E-state index in [0.717, 1.165) is 36.9 Å². The van der Waals surface area contributed by atoms with Gasteiger partial charge in [-0.2, -0.15) is 0 Å². The van der Waals surface area contributed by atoms with Crippen LogP contribution in [0.3, 0.4) is 0 Å². The first-order chi connectivity index (χ1) is 17.9. The summed E-state index contributed by atoms with van der Waals surface area (Å²) in [5, 5.41) is 11.5. The fraction of sp³-hybridized carbons (Fsp3) is 0.290. The van der Waals surface area contributed by atoms with Crippen molar-refractivity contribution in [1.82, 2.24) is 0 Å². The van der Waals surface area contributed by atoms with Crippen molar-refractivity contribution in [3.63, 3.8) is 0 Å². The van der Waals surface area contributed by atoms with Crippen LogP contribution in [0.1, 0.15) is 48.1 Å². The maximum atomic E-state index is 13.5. The molecule has 1 heterocycles. The largest absolute Gasteiger partial charge is 0.507 e. The number of ether oxygens (including phenoxy) is 1. The Labute approximate surface area is 217 Å². The molecule has 1 saturated heterocycles. The Balaban J connectivity index is 1.67. The van der Waals surface area contributed by atoms with Gasteiger partial charge in [0.25, 0.3) is 11.7 Å². The van der Waals surface area contributed by atoms with Crippen LogP contribution >= 0.6 is 0 Å². The van der Waals surface area contributed by atoms with Crippen molar-refractivity contribution in [3.8, 4) is 5.75 Å². The van der Waals surface area contributed by atoms with E-state index in [0.29, 0.717) is 23.6 Å². The van der Waals surface area contributed by atoms with Gasteiger partial charge in [0.2, 0.25) is 0 Å². The zero-order valence-corrected chi connectivity index (χ0v) is 21.5. The number of Topliss-reactive ketones (excluding diaryl/α,β-unsaturated/α-hetero) is 1. The molecule has 1 unspecified atom stereocenters. The number of aliphatic hydroxyl groups is 1. The third-order valence-corrected chi connectivity index (χ3v) is 7.20. The van der Waals surface area contributed by atoms with E-state index in [4.69, 9.17) is 4.74 Å². The van der Waals surface area contributed by atoms with E-state index in [9.17, 15) is 14.7 Å². The summed E-state index contributed by atoms with van der Waals surface area (Å²) in [6, 6.07) is 20.0. The lowest BCUT2D eigenvalue weighted by atomic mass is 9.88. The molecular weight excluding hydrogens is 464 g/mol. The van der Waals surface area contributed by atoms with E-state index in [1.54, 1.807) is 18.2 Å². The molecule has 0 radical (unpaired) electrons. The fourth-order valence-corrected chi connectivity index (χ4v) is 5.30. The summed E-state index contributed by atoms with van der Waals surface area (Å²) in [5.41, 5.74) is 5.42. The van der Waals surface area contributed by atoms with Crippen LogP contribution in [0.5, 0.6) is 5.75 Å². The van der Waals surface area contributed by atoms with Gasteiger partial charge in [-0.25, -0.2) is 0 Å². The molecule has 1 N–H and O–H groups in total. The summed E-state index contributed by atoms with van der Waals surface area (Å²) in [7, 11) is 3.91. The monoisotopic (exact) mass is 496 g/mol. The first-order valence-corrected chi connectivity index (χ1v) is 12.8. The molecule has 2 aliphatic rings. The molecule has 0 saturated carbocycles. The molecule has 0 spiro atoms. The smallest absolute Gasteiger partial charge is 0.300 e. The molecule has 1 aliphatic heterocycles. The highest BCUT2D eigenvalue weighted by Gasteiger charge is 2.47. The SMILES string of the molecule is CCOc1cccc(N2C(=O)C(=O)/C(=C(\O)c3ccc4c(c3)CCCC4)C2c2ccc(N(C)C)cc2)c1. The number of carbonyl (C=O) groups is 2. The van der Waals surface area contributed by atoms with Gasteiger partial charge in [0.1, 0.15) is 11.5 Å². The number of hydrogen-bond acceptors (Lipinski definition) is 5. The second kappa shape index (κ2) is 10.1. The van der Waals surface area contributed by atoms with Gasteiger partial charge >= 0.3 is 0 Å². The lowest BCUT2D eigenvalue weighted by molar-refractivity contribution is -0.132. The van der Waals surface area contributed by atoms with Gasteiger partial charge < -0.3 is 14.7 Å². The predicted octanol–water partition coefficient (Wildman–Crippen LogP) is 5.66. The summed E-state index contributed by atoms with van der Waals surface area (Å²) < 4.78 is 5.66. The molecule has 6 nitrogen and oxygen atoms in total. The summed E-state index contributed by atoms with van der Waals surface area (Å²) in [4.78, 5) is 30.5. The first kappa shape index (κ1) is 24.6. The van der Waals surface area contributed by atoms with Crippen molar-refractivity contribution in [2.75, 3.05) is 30.5 Å². The van der Waals surface area contributed by atoms with E-state index in [-0.39, 0.29) is 11.3 Å². The van der Waals surface area contributed by atoms with Crippen LogP contribution in [-0.2, 0) is 22.4 Å². The first-order valence-electron chi connectivity index (χ1n) is 12.8. The second-order valence-corrected chi connectivity index (χ2v) is 9.78. The third kappa shape index (κ3) is 4.59. The van der Waals surface area contributed by atoms with Crippen LogP contribution in [0, 0.1) is 0 Å². The zero-order chi connectivity index (χ0) is 26.1. The van der Waals surface area contributed by atoms with Crippen LogP contribution in [0.2, 0.25) is 0 Å². The highest BCUT2D eigenvalue weighted by atomic mass is 16.5. The van der Waals surface area contributed by atoms with Gasteiger partial charge in [0.05, 0.1) is 18.2 Å². The number of hydrogen-bond donors (Lipinski definition) is 1. The lowest BCUT2D eigenvalue weighted by Crippen LogP contribution is -2.29. The Morgan fingerprint density at radius 2 is 1.70 bits per heavy atom. The number of carbonyl (C=O) groups excluding carboxylic acids is 2. The number of ketones is 1. The van der Waals surface area contributed by atoms with Crippen molar-refractivity contribution in [2.45, 2.75) is 38.6 Å². The molecule has 0 aromatic heterocycles. The Morgan fingerprint density at radius 1 is 0.973 bits per heavy atom. The molecule has 0 bridgehead atoms. The second-order valence-electron chi connectivity index (χ2n) is 9.78. The van der Waals surface area contributed by atoms with Gasteiger partial charge in [0.15, 0.2) is 0 Å². The number of rotatable bonds is 6. The summed E-state index contributed by atoms with van der Waals surface area (Å²) in [6.07, 6.45) is 4.24. The quantitative estimate of drug-likeness (QED) is 0.271. The number of aryl methyl sites for hydroxylation is 2. The standard InChI is InChI=1S/C31H32N2O4/c1-4-37-26-11-7-10-25(19-26)33-28(21-14-16-24(17-15-21)32(2)3)27(30(35)31(33)36)29(34)23-13-12-20-8-5-6-9-22(20)18-23/h7,10-19,28,34H,4-6,8-9H2,1-3H3/b29-27-. The number of fused-ring (bicyclic) bond motifs is 1. The Bertz CT molecular complexity index is 1370. The van der Waals surface area contributed by atoms with E-state index in [2.05, 4.69) is 0 Å². The minimum atomic E-state index is -0.774. The molecule has 6 heteroatoms. The van der Waals surface area contributed by atoms with Gasteiger partial charge in [-0.1, -0.05) is 30.3 Å². The minimum absolute atomic E-state index is 0.0974. The number of amides is 1. The number of anilines is 2. The average Bonchev–Trinajstić information content (AvgIpc) is 3.18. The van der Waals surface area contributed by atoms with Crippen LogP contribution in [-0.4, -0.2) is 37.5 Å². The molecule has 37 heavy (non-hydrogen) atoms. The summed E-state index contributed by atoms with van der Waals surface area (Å²) >= 11 is 0. The third-order valence-electron chi connectivity index (χ3n) is 7.20. The van der Waals surface area contributed by atoms with Crippen LogP contribution in [0.15, 0.2) is 72.3 Å². The van der Waals surface area contributed by atoms with Crippen molar-refractivity contribution in [3.05, 3.63) is 94.6 Å². The van der Waals surface area contributed by atoms with Crippen LogP contribution in [0.4, 0.5) is 11.4 Å². The van der Waals surface area contributed by atoms with Crippen LogP contribution < -0.4 is 14.5 Å². The normalized spacial score (nSPS) is 18.6. The van der Waals surface area contributed by atoms with Gasteiger partial charge in [-0.3, -0.25) is 14.5 Å². The highest BCUT2D eigenvalue weighted by Crippen LogP contribution is 2.43. The summed E-state index contributed by atoms with van der Waals surface area (Å²) in [6.45, 7) is 2.37. The number of nitrogens with zero attached hydrogens (tertiary/aromatic N) is 2. The summed E-state index contributed by atoms with van der Waals surface area (Å²) in [5.74, 6) is -0.899. The van der Waals surface area contributed by atoms with E-state index >= 15 is 0 Å². The van der Waals surface area contributed by atoms with E-state index < -0.39 is 17.7 Å². The highest BCUT2D eigenvalue weighted by molar-refractivity contribution is 6.51. The molecule has 190 valence electrons. The zero-order valence-electron chi connectivity index (χ0n) is 21.5. The molecule has 3 aromatic carbocycles. The molecule has 3 aromatic rings. The Kier molecular flexibility index (Phi) is 6.74. The van der Waals surface area contributed by atoms with Crippen molar-refractivity contribution in [1.29, 1.82) is 0 Å². The molecular formula is C31H32N2O4. The van der Waals surface area contributed by atoms with Crippen LogP contribution in [0.25, 0.3) is 5.76 Å². The minimum Gasteiger partial charge on any atom is -0.507 e. The van der Waals surface area contributed by atoms with Crippen molar-refractivity contribution in [2.24, 2.45) is 0 Å². The maximum absolute atomic E-state index is 13.5. The average molecular weight is 497 g/mol. The Hall–Kier alpha value is -4.06. The van der Waals surface area contributed by atoms with E-state index in [1.165, 1.54) is 16.0 Å². The maximum Gasteiger partial charge on any atom is 0.300 e. The van der Waals surface area contributed by atoms with Crippen molar-refractivity contribution < 1.29 is 19.4 Å². The van der Waals surface area contributed by atoms with Gasteiger partial charge in [-0.05, 0) is 79.6 Å². The Morgan fingerprint density at radius 3 is 2.41 bits per heavy atom. The predicted molar refractivity (Wildman–Crippen MR) is 146 cm³/mol. The van der Waals surface area contributed by atoms with Crippen molar-refractivity contribution >= 4 is 28.8 Å². The molecule has 1 atom stereocenters. The molecule has 1 aliphatic carbocycles. The molecule has 1 fully saturated rings. The lowest BCUT2D eigenvalue weighted by Gasteiger charge is -2.26. The van der Waals surface area contributed by atoms with Gasteiger partial charge in [-0.15, -0.1) is 0 Å². The number of benzene rings is 3.